The van der Waals surface area contributed by atoms with Gasteiger partial charge in [0.05, 0.1) is 18.8 Å². The van der Waals surface area contributed by atoms with E-state index in [1.54, 1.807) is 12.1 Å². The zero-order chi connectivity index (χ0) is 18.4. The van der Waals surface area contributed by atoms with Crippen molar-refractivity contribution in [2.75, 3.05) is 26.3 Å². The van der Waals surface area contributed by atoms with E-state index in [1.165, 1.54) is 24.0 Å². The summed E-state index contributed by atoms with van der Waals surface area (Å²) in [7, 11) is 0. The molecule has 1 aliphatic heterocycles. The molecular formula is C19H15NO6. The lowest BCUT2D eigenvalue weighted by molar-refractivity contribution is 0.0300. The van der Waals surface area contributed by atoms with Crippen LogP contribution in [0.4, 0.5) is 0 Å². The lowest BCUT2D eigenvalue weighted by atomic mass is 9.86. The number of hydrogen-bond acceptors (Lipinski definition) is 6. The minimum Gasteiger partial charge on any atom is -0.448 e. The van der Waals surface area contributed by atoms with Crippen LogP contribution in [0.3, 0.4) is 0 Å². The second-order valence-electron chi connectivity index (χ2n) is 6.17. The summed E-state index contributed by atoms with van der Waals surface area (Å²) in [6.07, 6.45) is 0. The summed E-state index contributed by atoms with van der Waals surface area (Å²) < 4.78 is 10.7. The molecule has 2 heterocycles. The van der Waals surface area contributed by atoms with Crippen LogP contribution in [0.1, 0.15) is 59.9 Å². The zero-order valence-corrected chi connectivity index (χ0v) is 14.0. The van der Waals surface area contributed by atoms with E-state index in [-0.39, 0.29) is 33.8 Å². The number of morpholine rings is 1. The quantitative estimate of drug-likeness (QED) is 0.651. The maximum absolute atomic E-state index is 13.0. The number of Topliss-reactive ketones (excluding diaryl/α,β-unsaturated/α-hetero) is 1. The number of carbonyl (C=O) groups excluding carboxylic acids is 4. The standard InChI is InChI=1S/C19H15NO6/c1-10(21)17-14(19(24)20-6-8-25-9-7-20)13-15(22)11-4-2-3-5-12(11)16(23)18(13)26-17/h2-5H,6-9H2,1H3. The van der Waals surface area contributed by atoms with Crippen LogP contribution in [0.5, 0.6) is 0 Å². The molecule has 0 radical (unpaired) electrons. The molecule has 1 fully saturated rings. The molecule has 132 valence electrons. The Morgan fingerprint density at radius 1 is 1.00 bits per heavy atom. The zero-order valence-electron chi connectivity index (χ0n) is 14.0. The van der Waals surface area contributed by atoms with Crippen molar-refractivity contribution in [3.05, 3.63) is 58.0 Å². The predicted octanol–water partition coefficient (Wildman–Crippen LogP) is 1.73. The van der Waals surface area contributed by atoms with E-state index >= 15 is 0 Å². The topological polar surface area (TPSA) is 93.9 Å². The van der Waals surface area contributed by atoms with Gasteiger partial charge in [0, 0.05) is 31.1 Å². The van der Waals surface area contributed by atoms with Crippen molar-refractivity contribution >= 4 is 23.3 Å². The van der Waals surface area contributed by atoms with Gasteiger partial charge in [0.25, 0.3) is 5.91 Å². The van der Waals surface area contributed by atoms with E-state index in [9.17, 15) is 19.2 Å². The van der Waals surface area contributed by atoms with Crippen LogP contribution in [-0.2, 0) is 4.74 Å². The molecule has 26 heavy (non-hydrogen) atoms. The lowest BCUT2D eigenvalue weighted by Crippen LogP contribution is -2.41. The fourth-order valence-corrected chi connectivity index (χ4v) is 3.32. The number of fused-ring (bicyclic) bond motifs is 2. The lowest BCUT2D eigenvalue weighted by Gasteiger charge is -2.27. The molecule has 0 unspecified atom stereocenters. The van der Waals surface area contributed by atoms with Crippen LogP contribution in [0.15, 0.2) is 28.7 Å². The van der Waals surface area contributed by atoms with Crippen LogP contribution in [0, 0.1) is 0 Å². The average Bonchev–Trinajstić information content (AvgIpc) is 3.07. The number of nitrogens with zero attached hydrogens (tertiary/aromatic N) is 1. The number of ether oxygens (including phenoxy) is 1. The third-order valence-electron chi connectivity index (χ3n) is 4.59. The summed E-state index contributed by atoms with van der Waals surface area (Å²) >= 11 is 0. The summed E-state index contributed by atoms with van der Waals surface area (Å²) in [5.74, 6) is -2.48. The summed E-state index contributed by atoms with van der Waals surface area (Å²) in [5.41, 5.74) is 0.175. The minimum atomic E-state index is -0.513. The first kappa shape index (κ1) is 16.4. The van der Waals surface area contributed by atoms with Gasteiger partial charge in [0.2, 0.25) is 5.78 Å². The van der Waals surface area contributed by atoms with Crippen LogP contribution >= 0.6 is 0 Å². The van der Waals surface area contributed by atoms with Crippen molar-refractivity contribution in [2.24, 2.45) is 0 Å². The molecule has 4 rings (SSSR count). The Labute approximate surface area is 148 Å². The smallest absolute Gasteiger partial charge is 0.258 e. The molecule has 0 N–H and O–H groups in total. The maximum Gasteiger partial charge on any atom is 0.258 e. The van der Waals surface area contributed by atoms with Gasteiger partial charge in [-0.25, -0.2) is 0 Å². The Kier molecular flexibility index (Phi) is 3.81. The number of hydrogen-bond donors (Lipinski definition) is 0. The van der Waals surface area contributed by atoms with Gasteiger partial charge in [-0.2, -0.15) is 0 Å². The molecule has 7 nitrogen and oxygen atoms in total. The third-order valence-corrected chi connectivity index (χ3v) is 4.59. The van der Waals surface area contributed by atoms with E-state index in [1.807, 2.05) is 0 Å². The summed E-state index contributed by atoms with van der Waals surface area (Å²) in [6, 6.07) is 6.34. The summed E-state index contributed by atoms with van der Waals surface area (Å²) in [4.78, 5) is 52.3. The summed E-state index contributed by atoms with van der Waals surface area (Å²) in [5, 5.41) is 0. The van der Waals surface area contributed by atoms with Crippen LogP contribution in [-0.4, -0.2) is 54.5 Å². The van der Waals surface area contributed by atoms with Crippen molar-refractivity contribution in [3.63, 3.8) is 0 Å². The maximum atomic E-state index is 13.0. The Morgan fingerprint density at radius 3 is 2.23 bits per heavy atom. The third kappa shape index (κ3) is 2.32. The Morgan fingerprint density at radius 2 is 1.62 bits per heavy atom. The second kappa shape index (κ2) is 6.03. The van der Waals surface area contributed by atoms with Gasteiger partial charge < -0.3 is 14.1 Å². The molecule has 1 aromatic carbocycles. The largest absolute Gasteiger partial charge is 0.448 e. The average molecular weight is 353 g/mol. The Hall–Kier alpha value is -3.06. The first-order valence-corrected chi connectivity index (χ1v) is 8.24. The molecule has 7 heteroatoms. The normalized spacial score (nSPS) is 16.3. The van der Waals surface area contributed by atoms with Gasteiger partial charge in [-0.15, -0.1) is 0 Å². The van der Waals surface area contributed by atoms with Crippen molar-refractivity contribution in [1.82, 2.24) is 4.90 Å². The molecule has 0 spiro atoms. The first-order chi connectivity index (χ1) is 12.5. The highest BCUT2D eigenvalue weighted by molar-refractivity contribution is 6.31. The molecular weight excluding hydrogens is 338 g/mol. The Bertz CT molecular complexity index is 964. The molecule has 0 bridgehead atoms. The van der Waals surface area contributed by atoms with E-state index in [0.717, 1.165) is 0 Å². The second-order valence-corrected chi connectivity index (χ2v) is 6.17. The Balaban J connectivity index is 1.91. The molecule has 2 aromatic rings. The van der Waals surface area contributed by atoms with Crippen LogP contribution in [0.25, 0.3) is 0 Å². The molecule has 0 saturated carbocycles. The van der Waals surface area contributed by atoms with Crippen molar-refractivity contribution in [3.8, 4) is 0 Å². The van der Waals surface area contributed by atoms with Gasteiger partial charge in [-0.1, -0.05) is 24.3 Å². The highest BCUT2D eigenvalue weighted by Gasteiger charge is 2.41. The van der Waals surface area contributed by atoms with E-state index in [0.29, 0.717) is 26.3 Å². The highest BCUT2D eigenvalue weighted by Crippen LogP contribution is 2.34. The fraction of sp³-hybridized carbons (Fsp3) is 0.263. The molecule has 1 aromatic heterocycles. The number of amides is 1. The van der Waals surface area contributed by atoms with E-state index in [4.69, 9.17) is 9.15 Å². The van der Waals surface area contributed by atoms with Gasteiger partial charge in [0.15, 0.2) is 23.1 Å². The van der Waals surface area contributed by atoms with Gasteiger partial charge in [-0.3, -0.25) is 19.2 Å². The fourth-order valence-electron chi connectivity index (χ4n) is 3.32. The molecule has 1 saturated heterocycles. The molecule has 2 aliphatic rings. The number of carbonyl (C=O) groups is 4. The number of furan rings is 1. The van der Waals surface area contributed by atoms with Crippen molar-refractivity contribution in [1.29, 1.82) is 0 Å². The SMILES string of the molecule is CC(=O)c1oc2c(c1C(=O)N1CCOCC1)C(=O)c1ccccc1C2=O. The molecule has 1 amide bonds. The number of benzene rings is 1. The number of rotatable bonds is 2. The predicted molar refractivity (Wildman–Crippen MR) is 88.7 cm³/mol. The monoisotopic (exact) mass is 353 g/mol. The first-order valence-electron chi connectivity index (χ1n) is 8.24. The van der Waals surface area contributed by atoms with Gasteiger partial charge >= 0.3 is 0 Å². The molecule has 0 atom stereocenters. The van der Waals surface area contributed by atoms with Crippen LogP contribution in [0.2, 0.25) is 0 Å². The van der Waals surface area contributed by atoms with Crippen molar-refractivity contribution < 1.29 is 28.3 Å². The highest BCUT2D eigenvalue weighted by atomic mass is 16.5. The minimum absolute atomic E-state index is 0.115. The van der Waals surface area contributed by atoms with Crippen LogP contribution < -0.4 is 0 Å². The van der Waals surface area contributed by atoms with E-state index in [2.05, 4.69) is 0 Å². The summed E-state index contributed by atoms with van der Waals surface area (Å²) in [6.45, 7) is 2.67. The van der Waals surface area contributed by atoms with E-state index < -0.39 is 23.3 Å². The van der Waals surface area contributed by atoms with Crippen molar-refractivity contribution in [2.45, 2.75) is 6.92 Å². The van der Waals surface area contributed by atoms with Gasteiger partial charge in [-0.05, 0) is 0 Å². The van der Waals surface area contributed by atoms with Gasteiger partial charge in [0.1, 0.15) is 5.56 Å². The number of ketones is 3. The molecule has 1 aliphatic carbocycles.